The number of nitrogens with zero attached hydrogens (tertiary/aromatic N) is 3. The minimum Gasteiger partial charge on any atom is -0.480 e. The van der Waals surface area contributed by atoms with Crippen molar-refractivity contribution in [1.29, 1.82) is 0 Å². The molecule has 9 heteroatoms. The number of azide groups is 1. The van der Waals surface area contributed by atoms with E-state index in [0.29, 0.717) is 0 Å². The average molecular weight is 438 g/mol. The summed E-state index contributed by atoms with van der Waals surface area (Å²) in [5.74, 6) is -1.36. The Kier molecular flexibility index (Phi) is 7.35. The number of carbonyl (C=O) groups is 2. The highest BCUT2D eigenvalue weighted by atomic mass is 16.5. The number of carboxylic acids is 1. The minimum absolute atomic E-state index is 0.0502. The summed E-state index contributed by atoms with van der Waals surface area (Å²) in [7, 11) is 1.44. The van der Waals surface area contributed by atoms with Crippen molar-refractivity contribution in [3.05, 3.63) is 70.1 Å². The Labute approximate surface area is 186 Å². The van der Waals surface area contributed by atoms with Crippen LogP contribution < -0.4 is 5.32 Å². The molecular weight excluding hydrogens is 412 g/mol. The minimum atomic E-state index is -1.29. The van der Waals surface area contributed by atoms with Gasteiger partial charge in [-0.15, -0.1) is 0 Å². The van der Waals surface area contributed by atoms with E-state index in [1.165, 1.54) is 7.11 Å². The number of hydrogen-bond donors (Lipinski definition) is 2. The van der Waals surface area contributed by atoms with Crippen LogP contribution in [0.15, 0.2) is 53.6 Å². The molecule has 0 bridgehead atoms. The highest BCUT2D eigenvalue weighted by Gasteiger charge is 2.41. The third kappa shape index (κ3) is 4.85. The lowest BCUT2D eigenvalue weighted by atomic mass is 9.79. The van der Waals surface area contributed by atoms with Crippen LogP contribution in [0.3, 0.4) is 0 Å². The quantitative estimate of drug-likeness (QED) is 0.323. The molecule has 0 spiro atoms. The van der Waals surface area contributed by atoms with Crippen LogP contribution in [-0.4, -0.2) is 50.1 Å². The first-order valence-electron chi connectivity index (χ1n) is 10.3. The average Bonchev–Trinajstić information content (AvgIpc) is 3.10. The molecular formula is C23H26N4O5. The van der Waals surface area contributed by atoms with E-state index in [0.717, 1.165) is 22.3 Å². The number of hydrogen-bond acceptors (Lipinski definition) is 5. The van der Waals surface area contributed by atoms with Crippen molar-refractivity contribution in [3.63, 3.8) is 0 Å². The largest absolute Gasteiger partial charge is 0.480 e. The van der Waals surface area contributed by atoms with E-state index >= 15 is 0 Å². The third-order valence-corrected chi connectivity index (χ3v) is 5.87. The monoisotopic (exact) mass is 438 g/mol. The second-order valence-electron chi connectivity index (χ2n) is 8.03. The summed E-state index contributed by atoms with van der Waals surface area (Å²) in [5.41, 5.74) is 11.9. The van der Waals surface area contributed by atoms with Crippen LogP contribution in [-0.2, 0) is 14.3 Å². The number of benzene rings is 2. The lowest BCUT2D eigenvalue weighted by Gasteiger charge is -2.34. The Morgan fingerprint density at radius 2 is 1.78 bits per heavy atom. The zero-order valence-corrected chi connectivity index (χ0v) is 18.0. The van der Waals surface area contributed by atoms with Gasteiger partial charge in [-0.25, -0.2) is 9.59 Å². The van der Waals surface area contributed by atoms with Crippen molar-refractivity contribution in [2.24, 2.45) is 10.5 Å². The number of alkyl carbamates (subject to hydrolysis) is 1. The molecule has 1 aliphatic carbocycles. The number of amides is 1. The number of nitrogens with one attached hydrogen (secondary N) is 1. The first-order valence-corrected chi connectivity index (χ1v) is 10.3. The molecule has 0 heterocycles. The van der Waals surface area contributed by atoms with Crippen LogP contribution in [0.1, 0.15) is 30.4 Å². The predicted molar refractivity (Wildman–Crippen MR) is 118 cm³/mol. The maximum Gasteiger partial charge on any atom is 0.407 e. The SMILES string of the molecule is COC[C@](C)(CCN=[N+]=[N-])[C@H](NC(=O)OCC1c2ccccc2-c2ccccc21)C(=O)O. The van der Waals surface area contributed by atoms with Crippen LogP contribution in [0.2, 0.25) is 0 Å². The Morgan fingerprint density at radius 1 is 1.19 bits per heavy atom. The van der Waals surface area contributed by atoms with Gasteiger partial charge >= 0.3 is 12.1 Å². The molecule has 0 fully saturated rings. The molecule has 2 aromatic rings. The van der Waals surface area contributed by atoms with Gasteiger partial charge in [0.05, 0.1) is 6.61 Å². The normalized spacial score (nSPS) is 14.9. The number of fused-ring (bicyclic) bond motifs is 3. The van der Waals surface area contributed by atoms with E-state index in [9.17, 15) is 14.7 Å². The summed E-state index contributed by atoms with van der Waals surface area (Å²) in [6.07, 6.45) is -0.615. The van der Waals surface area contributed by atoms with Crippen LogP contribution in [0.25, 0.3) is 21.6 Å². The van der Waals surface area contributed by atoms with Gasteiger partial charge in [0.1, 0.15) is 12.6 Å². The van der Waals surface area contributed by atoms with E-state index in [1.807, 2.05) is 48.5 Å². The third-order valence-electron chi connectivity index (χ3n) is 5.87. The predicted octanol–water partition coefficient (Wildman–Crippen LogP) is 4.33. The van der Waals surface area contributed by atoms with Crippen molar-refractivity contribution in [3.8, 4) is 11.1 Å². The van der Waals surface area contributed by atoms with Gasteiger partial charge in [-0.3, -0.25) is 0 Å². The molecule has 1 amide bonds. The zero-order valence-electron chi connectivity index (χ0n) is 18.0. The molecule has 2 N–H and O–H groups in total. The summed E-state index contributed by atoms with van der Waals surface area (Å²) in [4.78, 5) is 27.2. The molecule has 0 aliphatic heterocycles. The van der Waals surface area contributed by atoms with Gasteiger partial charge in [0, 0.05) is 29.9 Å². The van der Waals surface area contributed by atoms with E-state index in [-0.39, 0.29) is 32.1 Å². The molecule has 3 rings (SSSR count). The summed E-state index contributed by atoms with van der Waals surface area (Å²) in [6.45, 7) is 1.86. The summed E-state index contributed by atoms with van der Waals surface area (Å²) in [6, 6.07) is 14.6. The van der Waals surface area contributed by atoms with Crippen LogP contribution in [0, 0.1) is 5.41 Å². The second-order valence-corrected chi connectivity index (χ2v) is 8.03. The first kappa shape index (κ1) is 23.1. The van der Waals surface area contributed by atoms with Crippen molar-refractivity contribution >= 4 is 12.1 Å². The van der Waals surface area contributed by atoms with Gasteiger partial charge < -0.3 is 19.9 Å². The van der Waals surface area contributed by atoms with Gasteiger partial charge in [0.25, 0.3) is 0 Å². The molecule has 0 unspecified atom stereocenters. The molecule has 2 aromatic carbocycles. The summed E-state index contributed by atoms with van der Waals surface area (Å²) < 4.78 is 10.7. The van der Waals surface area contributed by atoms with Crippen LogP contribution >= 0.6 is 0 Å². The van der Waals surface area contributed by atoms with Crippen LogP contribution in [0.5, 0.6) is 0 Å². The highest BCUT2D eigenvalue weighted by Crippen LogP contribution is 2.44. The van der Waals surface area contributed by atoms with E-state index in [4.69, 9.17) is 15.0 Å². The van der Waals surface area contributed by atoms with Crippen molar-refractivity contribution in [2.45, 2.75) is 25.3 Å². The standard InChI is InChI=1S/C23H26N4O5/c1-23(14-31-2,11-12-25-27-24)20(21(28)29)26-22(30)32-13-19-17-9-5-3-7-15(17)16-8-4-6-10-18(16)19/h3-10,19-20H,11-14H2,1-2H3,(H,26,30)(H,28,29)/t20-,23+/m1/s1. The topological polar surface area (TPSA) is 134 Å². The first-order chi connectivity index (χ1) is 15.4. The Morgan fingerprint density at radius 3 is 2.31 bits per heavy atom. The lowest BCUT2D eigenvalue weighted by Crippen LogP contribution is -2.53. The maximum absolute atomic E-state index is 12.6. The highest BCUT2D eigenvalue weighted by molar-refractivity contribution is 5.81. The fourth-order valence-electron chi connectivity index (χ4n) is 4.27. The van der Waals surface area contributed by atoms with Crippen LogP contribution in [0.4, 0.5) is 4.79 Å². The van der Waals surface area contributed by atoms with Crippen molar-refractivity contribution < 1.29 is 24.2 Å². The Bertz CT molecular complexity index is 991. The van der Waals surface area contributed by atoms with Gasteiger partial charge in [-0.2, -0.15) is 0 Å². The molecule has 9 nitrogen and oxygen atoms in total. The van der Waals surface area contributed by atoms with E-state index in [1.54, 1.807) is 6.92 Å². The molecule has 0 saturated heterocycles. The molecule has 2 atom stereocenters. The molecule has 0 aromatic heterocycles. The maximum atomic E-state index is 12.6. The number of carboxylic acid groups (broad SMARTS) is 1. The molecule has 0 radical (unpaired) electrons. The van der Waals surface area contributed by atoms with E-state index < -0.39 is 23.5 Å². The number of rotatable bonds is 10. The van der Waals surface area contributed by atoms with Crippen molar-refractivity contribution in [2.75, 3.05) is 26.9 Å². The smallest absolute Gasteiger partial charge is 0.407 e. The summed E-state index contributed by atoms with van der Waals surface area (Å²) >= 11 is 0. The number of methoxy groups -OCH3 is 1. The second kappa shape index (κ2) is 10.2. The van der Waals surface area contributed by atoms with Gasteiger partial charge in [0.2, 0.25) is 0 Å². The van der Waals surface area contributed by atoms with E-state index in [2.05, 4.69) is 15.3 Å². The molecule has 1 aliphatic rings. The number of ether oxygens (including phenoxy) is 2. The Balaban J connectivity index is 1.72. The molecule has 0 saturated carbocycles. The fourth-order valence-corrected chi connectivity index (χ4v) is 4.27. The van der Waals surface area contributed by atoms with Gasteiger partial charge in [0.15, 0.2) is 0 Å². The number of carbonyl (C=O) groups excluding carboxylic acids is 1. The lowest BCUT2D eigenvalue weighted by molar-refractivity contribution is -0.144. The Hall–Kier alpha value is -3.55. The van der Waals surface area contributed by atoms with Gasteiger partial charge in [-0.05, 0) is 34.2 Å². The molecule has 32 heavy (non-hydrogen) atoms. The van der Waals surface area contributed by atoms with Crippen molar-refractivity contribution in [1.82, 2.24) is 5.32 Å². The molecule has 168 valence electrons. The summed E-state index contributed by atoms with van der Waals surface area (Å²) in [5, 5.41) is 15.7. The zero-order chi connectivity index (χ0) is 23.1. The number of aliphatic carboxylic acids is 1. The fraction of sp³-hybridized carbons (Fsp3) is 0.391. The van der Waals surface area contributed by atoms with Gasteiger partial charge in [-0.1, -0.05) is 60.6 Å².